The number of hydrogen-bond donors (Lipinski definition) is 1. The number of likely N-dealkylation sites (tertiary alicyclic amines) is 1. The van der Waals surface area contributed by atoms with Crippen LogP contribution in [-0.2, 0) is 0 Å². The number of ether oxygens (including phenoxy) is 2. The first-order valence-electron chi connectivity index (χ1n) is 7.13. The number of hydrogen-bond acceptors (Lipinski definition) is 3. The summed E-state index contributed by atoms with van der Waals surface area (Å²) in [7, 11) is 3.09. The summed E-state index contributed by atoms with van der Waals surface area (Å²) in [6, 6.07) is 3.65. The molecule has 0 aromatic heterocycles. The molecule has 2 atom stereocenters. The van der Waals surface area contributed by atoms with Crippen LogP contribution < -0.4 is 14.8 Å². The molecule has 3 rings (SSSR count). The predicted molar refractivity (Wildman–Crippen MR) is 81.4 cm³/mol. The number of rotatable bonds is 3. The van der Waals surface area contributed by atoms with Crippen LogP contribution in [-0.4, -0.2) is 37.7 Å². The summed E-state index contributed by atoms with van der Waals surface area (Å²) in [6.07, 6.45) is 3.57. The molecule has 2 fully saturated rings. The van der Waals surface area contributed by atoms with Crippen LogP contribution in [0.25, 0.3) is 0 Å². The first-order valence-corrected chi connectivity index (χ1v) is 7.51. The van der Waals surface area contributed by atoms with Crippen molar-refractivity contribution in [1.82, 2.24) is 4.90 Å². The van der Waals surface area contributed by atoms with Gasteiger partial charge in [-0.25, -0.2) is 4.79 Å². The third-order valence-electron chi connectivity index (χ3n) is 4.43. The smallest absolute Gasteiger partial charge is 0.322 e. The van der Waals surface area contributed by atoms with Crippen LogP contribution in [0, 0.1) is 5.92 Å². The second-order valence-corrected chi connectivity index (χ2v) is 5.94. The molecule has 0 radical (unpaired) electrons. The van der Waals surface area contributed by atoms with Gasteiger partial charge in [-0.3, -0.25) is 0 Å². The Balaban J connectivity index is 1.75. The van der Waals surface area contributed by atoms with E-state index < -0.39 is 0 Å². The van der Waals surface area contributed by atoms with Crippen LogP contribution >= 0.6 is 11.6 Å². The van der Waals surface area contributed by atoms with Gasteiger partial charge in [-0.1, -0.05) is 18.0 Å². The molecule has 1 aliphatic carbocycles. The number of nitrogens with zero attached hydrogens (tertiary/aromatic N) is 1. The highest BCUT2D eigenvalue weighted by Gasteiger charge is 2.44. The Morgan fingerprint density at radius 1 is 1.29 bits per heavy atom. The maximum atomic E-state index is 12.4. The molecule has 21 heavy (non-hydrogen) atoms. The number of amides is 2. The fourth-order valence-electron chi connectivity index (χ4n) is 3.27. The van der Waals surface area contributed by atoms with Crippen LogP contribution in [0.2, 0.25) is 5.02 Å². The highest BCUT2D eigenvalue weighted by molar-refractivity contribution is 6.32. The van der Waals surface area contributed by atoms with E-state index in [2.05, 4.69) is 5.32 Å². The number of urea groups is 1. The molecule has 1 N–H and O–H groups in total. The third kappa shape index (κ3) is 2.50. The molecule has 1 aliphatic heterocycles. The monoisotopic (exact) mass is 310 g/mol. The molecule has 114 valence electrons. The number of carbonyl (C=O) groups is 1. The minimum atomic E-state index is -0.0855. The molecule has 0 spiro atoms. The zero-order valence-corrected chi connectivity index (χ0v) is 12.9. The van der Waals surface area contributed by atoms with E-state index in [-0.39, 0.29) is 6.03 Å². The van der Waals surface area contributed by atoms with Gasteiger partial charge in [0, 0.05) is 18.7 Å². The highest BCUT2D eigenvalue weighted by atomic mass is 35.5. The molecule has 1 aromatic rings. The maximum absolute atomic E-state index is 12.4. The molecule has 6 heteroatoms. The standard InChI is InChI=1S/C15H19ClN2O3/c1-20-13-7-14(21-2)11(6-10(13)16)17-15(19)18-8-9-4-3-5-12(9)18/h6-7,9,12H,3-5,8H2,1-2H3,(H,17,19). The van der Waals surface area contributed by atoms with Gasteiger partial charge in [0.1, 0.15) is 11.5 Å². The molecule has 1 saturated carbocycles. The average Bonchev–Trinajstić information content (AvgIpc) is 2.80. The van der Waals surface area contributed by atoms with E-state index in [1.165, 1.54) is 12.8 Å². The lowest BCUT2D eigenvalue weighted by molar-refractivity contribution is 0.0797. The van der Waals surface area contributed by atoms with Crippen LogP contribution in [0.3, 0.4) is 0 Å². The summed E-state index contributed by atoms with van der Waals surface area (Å²) >= 11 is 6.11. The summed E-state index contributed by atoms with van der Waals surface area (Å²) in [4.78, 5) is 14.3. The van der Waals surface area contributed by atoms with Crippen molar-refractivity contribution in [3.05, 3.63) is 17.2 Å². The van der Waals surface area contributed by atoms with Crippen molar-refractivity contribution < 1.29 is 14.3 Å². The molecule has 1 aromatic carbocycles. The minimum absolute atomic E-state index is 0.0855. The lowest BCUT2D eigenvalue weighted by Gasteiger charge is -2.44. The zero-order chi connectivity index (χ0) is 15.0. The van der Waals surface area contributed by atoms with Gasteiger partial charge in [0.15, 0.2) is 0 Å². The van der Waals surface area contributed by atoms with Gasteiger partial charge < -0.3 is 19.7 Å². The topological polar surface area (TPSA) is 50.8 Å². The van der Waals surface area contributed by atoms with Crippen molar-refractivity contribution in [1.29, 1.82) is 0 Å². The molecule has 1 heterocycles. The molecular weight excluding hydrogens is 292 g/mol. The quantitative estimate of drug-likeness (QED) is 0.931. The van der Waals surface area contributed by atoms with Crippen molar-refractivity contribution in [2.45, 2.75) is 25.3 Å². The van der Waals surface area contributed by atoms with Gasteiger partial charge in [-0.15, -0.1) is 0 Å². The van der Waals surface area contributed by atoms with E-state index in [0.717, 1.165) is 13.0 Å². The van der Waals surface area contributed by atoms with E-state index in [1.54, 1.807) is 26.4 Å². The predicted octanol–water partition coefficient (Wildman–Crippen LogP) is 3.37. The van der Waals surface area contributed by atoms with Gasteiger partial charge in [0.25, 0.3) is 0 Å². The van der Waals surface area contributed by atoms with E-state index in [1.807, 2.05) is 4.90 Å². The Bertz CT molecular complexity index is 564. The average molecular weight is 311 g/mol. The summed E-state index contributed by atoms with van der Waals surface area (Å²) in [5.41, 5.74) is 0.565. The summed E-state index contributed by atoms with van der Waals surface area (Å²) in [5.74, 6) is 1.75. The van der Waals surface area contributed by atoms with Crippen molar-refractivity contribution >= 4 is 23.3 Å². The zero-order valence-electron chi connectivity index (χ0n) is 12.2. The Morgan fingerprint density at radius 3 is 2.71 bits per heavy atom. The Kier molecular flexibility index (Phi) is 3.85. The molecule has 2 unspecified atom stereocenters. The van der Waals surface area contributed by atoms with Crippen molar-refractivity contribution in [2.75, 3.05) is 26.1 Å². The largest absolute Gasteiger partial charge is 0.495 e. The third-order valence-corrected chi connectivity index (χ3v) is 4.72. The lowest BCUT2D eigenvalue weighted by Crippen LogP contribution is -2.57. The van der Waals surface area contributed by atoms with Gasteiger partial charge in [0.05, 0.1) is 24.9 Å². The summed E-state index contributed by atoms with van der Waals surface area (Å²) in [6.45, 7) is 0.850. The molecule has 0 bridgehead atoms. The summed E-state index contributed by atoms with van der Waals surface area (Å²) in [5, 5.41) is 3.33. The normalized spacial score (nSPS) is 23.3. The van der Waals surface area contributed by atoms with Crippen LogP contribution in [0.4, 0.5) is 10.5 Å². The van der Waals surface area contributed by atoms with Crippen molar-refractivity contribution in [3.63, 3.8) is 0 Å². The van der Waals surface area contributed by atoms with Crippen LogP contribution in [0.1, 0.15) is 19.3 Å². The Hall–Kier alpha value is -1.62. The number of carbonyl (C=O) groups excluding carboxylic acids is 1. The number of anilines is 1. The fraction of sp³-hybridized carbons (Fsp3) is 0.533. The lowest BCUT2D eigenvalue weighted by atomic mass is 9.92. The van der Waals surface area contributed by atoms with Crippen LogP contribution in [0.15, 0.2) is 12.1 Å². The van der Waals surface area contributed by atoms with E-state index in [9.17, 15) is 4.79 Å². The van der Waals surface area contributed by atoms with Crippen LogP contribution in [0.5, 0.6) is 11.5 Å². The Morgan fingerprint density at radius 2 is 2.05 bits per heavy atom. The van der Waals surface area contributed by atoms with E-state index in [4.69, 9.17) is 21.1 Å². The first kappa shape index (κ1) is 14.3. The van der Waals surface area contributed by atoms with Crippen molar-refractivity contribution in [3.8, 4) is 11.5 Å². The minimum Gasteiger partial charge on any atom is -0.495 e. The van der Waals surface area contributed by atoms with Gasteiger partial charge >= 0.3 is 6.03 Å². The maximum Gasteiger partial charge on any atom is 0.322 e. The van der Waals surface area contributed by atoms with Gasteiger partial charge in [0.2, 0.25) is 0 Å². The fourth-order valence-corrected chi connectivity index (χ4v) is 3.51. The molecule has 5 nitrogen and oxygen atoms in total. The van der Waals surface area contributed by atoms with Gasteiger partial charge in [-0.2, -0.15) is 0 Å². The molecule has 2 aliphatic rings. The first-order chi connectivity index (χ1) is 10.1. The molecule has 2 amide bonds. The Labute approximate surface area is 129 Å². The number of methoxy groups -OCH3 is 2. The molecular formula is C15H19ClN2O3. The highest BCUT2D eigenvalue weighted by Crippen LogP contribution is 2.40. The number of nitrogens with one attached hydrogen (secondary N) is 1. The second kappa shape index (κ2) is 5.64. The molecule has 1 saturated heterocycles. The van der Waals surface area contributed by atoms with Crippen molar-refractivity contribution in [2.24, 2.45) is 5.92 Å². The number of benzene rings is 1. The van der Waals surface area contributed by atoms with Gasteiger partial charge in [-0.05, 0) is 24.8 Å². The SMILES string of the molecule is COc1cc(OC)c(NC(=O)N2CC3CCCC32)cc1Cl. The number of halogens is 1. The number of fused-ring (bicyclic) bond motifs is 1. The second-order valence-electron chi connectivity index (χ2n) is 5.53. The van der Waals surface area contributed by atoms with E-state index >= 15 is 0 Å². The van der Waals surface area contributed by atoms with E-state index in [0.29, 0.717) is 34.2 Å². The summed E-state index contributed by atoms with van der Waals surface area (Å²) < 4.78 is 10.4.